The van der Waals surface area contributed by atoms with Crippen LogP contribution in [0.3, 0.4) is 0 Å². The lowest BCUT2D eigenvalue weighted by atomic mass is 9.90. The number of methoxy groups -OCH3 is 1. The van der Waals surface area contributed by atoms with Crippen molar-refractivity contribution in [3.8, 4) is 11.5 Å². The number of ether oxygens (including phenoxy) is 2. The molecule has 0 fully saturated rings. The largest absolute Gasteiger partial charge is 0.493 e. The Balaban J connectivity index is 3.07. The van der Waals surface area contributed by atoms with Crippen LogP contribution in [0.15, 0.2) is 18.2 Å². The van der Waals surface area contributed by atoms with E-state index >= 15 is 0 Å². The first-order valence-corrected chi connectivity index (χ1v) is 5.98. The molecule has 0 aliphatic carbocycles. The summed E-state index contributed by atoms with van der Waals surface area (Å²) in [5, 5.41) is 9.03. The van der Waals surface area contributed by atoms with Crippen LogP contribution in [0.1, 0.15) is 24.8 Å². The van der Waals surface area contributed by atoms with Gasteiger partial charge >= 0.3 is 6.61 Å². The lowest BCUT2D eigenvalue weighted by Gasteiger charge is -2.21. The lowest BCUT2D eigenvalue weighted by molar-refractivity contribution is -0.0512. The van der Waals surface area contributed by atoms with Gasteiger partial charge < -0.3 is 20.3 Å². The maximum absolute atomic E-state index is 12.3. The first-order valence-electron chi connectivity index (χ1n) is 5.98. The van der Waals surface area contributed by atoms with E-state index in [1.807, 2.05) is 0 Å². The molecule has 2 unspecified atom stereocenters. The third kappa shape index (κ3) is 4.33. The summed E-state index contributed by atoms with van der Waals surface area (Å²) in [7, 11) is 1.38. The monoisotopic (exact) mass is 275 g/mol. The van der Waals surface area contributed by atoms with E-state index in [2.05, 4.69) is 4.74 Å². The Morgan fingerprint density at radius 3 is 2.47 bits per heavy atom. The number of aliphatic hydroxyl groups excluding tert-OH is 1. The second kappa shape index (κ2) is 7.25. The van der Waals surface area contributed by atoms with Crippen LogP contribution >= 0.6 is 0 Å². The number of halogens is 2. The smallest absolute Gasteiger partial charge is 0.387 e. The molecule has 1 rings (SSSR count). The van der Waals surface area contributed by atoms with E-state index in [4.69, 9.17) is 15.6 Å². The summed E-state index contributed by atoms with van der Waals surface area (Å²) in [4.78, 5) is 0. The highest BCUT2D eigenvalue weighted by Crippen LogP contribution is 2.33. The van der Waals surface area contributed by atoms with Crippen molar-refractivity contribution in [3.63, 3.8) is 0 Å². The normalized spacial score (nSPS) is 14.3. The fourth-order valence-corrected chi connectivity index (χ4v) is 1.98. The van der Waals surface area contributed by atoms with E-state index < -0.39 is 6.61 Å². The minimum atomic E-state index is -2.92. The van der Waals surface area contributed by atoms with Crippen LogP contribution in [0.4, 0.5) is 8.78 Å². The Labute approximate surface area is 111 Å². The van der Waals surface area contributed by atoms with Crippen molar-refractivity contribution < 1.29 is 23.4 Å². The average molecular weight is 275 g/mol. The molecule has 0 radical (unpaired) electrons. The van der Waals surface area contributed by atoms with Crippen molar-refractivity contribution in [1.82, 2.24) is 0 Å². The van der Waals surface area contributed by atoms with Crippen molar-refractivity contribution in [2.45, 2.75) is 31.9 Å². The summed E-state index contributed by atoms with van der Waals surface area (Å²) in [5.41, 5.74) is 6.58. The quantitative estimate of drug-likeness (QED) is 0.800. The molecule has 0 aliphatic heterocycles. The van der Waals surface area contributed by atoms with Gasteiger partial charge in [-0.2, -0.15) is 8.78 Å². The zero-order chi connectivity index (χ0) is 14.4. The summed E-state index contributed by atoms with van der Waals surface area (Å²) in [6, 6.07) is 4.56. The second-order valence-electron chi connectivity index (χ2n) is 4.27. The molecule has 19 heavy (non-hydrogen) atoms. The number of nitrogens with two attached hydrogens (primary N) is 1. The predicted molar refractivity (Wildman–Crippen MR) is 67.7 cm³/mol. The standard InChI is InChI=1S/C13H19F2NO3/c1-8(16)10(5-6-17)9-3-4-11(18-2)12(7-9)19-13(14)15/h3-4,7-8,10,13,17H,5-6,16H2,1-2H3. The van der Waals surface area contributed by atoms with Gasteiger partial charge in [0.1, 0.15) is 0 Å². The highest BCUT2D eigenvalue weighted by molar-refractivity contribution is 5.44. The van der Waals surface area contributed by atoms with Gasteiger partial charge in [-0.15, -0.1) is 0 Å². The number of rotatable bonds is 7. The van der Waals surface area contributed by atoms with Gasteiger partial charge in [0.25, 0.3) is 0 Å². The Morgan fingerprint density at radius 2 is 2.00 bits per heavy atom. The summed E-state index contributed by atoms with van der Waals surface area (Å²) < 4.78 is 34.1. The molecule has 0 amide bonds. The number of hydrogen-bond acceptors (Lipinski definition) is 4. The maximum atomic E-state index is 12.3. The molecule has 2 atom stereocenters. The summed E-state index contributed by atoms with van der Waals surface area (Å²) in [6.07, 6.45) is 0.456. The molecule has 0 saturated carbocycles. The fourth-order valence-electron chi connectivity index (χ4n) is 1.98. The van der Waals surface area contributed by atoms with E-state index in [0.29, 0.717) is 6.42 Å². The molecule has 6 heteroatoms. The molecule has 0 spiro atoms. The van der Waals surface area contributed by atoms with Crippen molar-refractivity contribution >= 4 is 0 Å². The molecule has 108 valence electrons. The number of hydrogen-bond donors (Lipinski definition) is 2. The molecule has 0 heterocycles. The predicted octanol–water partition coefficient (Wildman–Crippen LogP) is 2.11. The van der Waals surface area contributed by atoms with Gasteiger partial charge in [0.2, 0.25) is 0 Å². The SMILES string of the molecule is COc1ccc(C(CCO)C(C)N)cc1OC(F)F. The van der Waals surface area contributed by atoms with E-state index in [0.717, 1.165) is 5.56 Å². The molecule has 0 aliphatic rings. The van der Waals surface area contributed by atoms with Crippen molar-refractivity contribution in [2.24, 2.45) is 5.73 Å². The second-order valence-corrected chi connectivity index (χ2v) is 4.27. The van der Waals surface area contributed by atoms with Crippen LogP contribution in [0.25, 0.3) is 0 Å². The lowest BCUT2D eigenvalue weighted by Crippen LogP contribution is -2.25. The van der Waals surface area contributed by atoms with Crippen LogP contribution in [0.5, 0.6) is 11.5 Å². The van der Waals surface area contributed by atoms with Gasteiger partial charge in [-0.1, -0.05) is 6.07 Å². The highest BCUT2D eigenvalue weighted by Gasteiger charge is 2.19. The topological polar surface area (TPSA) is 64.7 Å². The maximum Gasteiger partial charge on any atom is 0.387 e. The van der Waals surface area contributed by atoms with Gasteiger partial charge in [-0.05, 0) is 31.0 Å². The molecular weight excluding hydrogens is 256 g/mol. The molecule has 0 saturated heterocycles. The molecule has 0 bridgehead atoms. The van der Waals surface area contributed by atoms with Crippen molar-refractivity contribution in [3.05, 3.63) is 23.8 Å². The van der Waals surface area contributed by atoms with E-state index in [-0.39, 0.29) is 30.1 Å². The third-order valence-electron chi connectivity index (χ3n) is 2.91. The molecular formula is C13H19F2NO3. The van der Waals surface area contributed by atoms with Gasteiger partial charge in [0.05, 0.1) is 7.11 Å². The van der Waals surface area contributed by atoms with E-state index in [1.165, 1.54) is 13.2 Å². The van der Waals surface area contributed by atoms with Crippen LogP contribution in [0.2, 0.25) is 0 Å². The fraction of sp³-hybridized carbons (Fsp3) is 0.538. The van der Waals surface area contributed by atoms with Gasteiger partial charge in [0, 0.05) is 18.6 Å². The zero-order valence-corrected chi connectivity index (χ0v) is 11.0. The molecule has 0 aromatic heterocycles. The van der Waals surface area contributed by atoms with Crippen molar-refractivity contribution in [2.75, 3.05) is 13.7 Å². The Bertz CT molecular complexity index is 399. The Hall–Kier alpha value is -1.40. The molecule has 3 N–H and O–H groups in total. The van der Waals surface area contributed by atoms with Gasteiger partial charge in [-0.3, -0.25) is 0 Å². The minimum absolute atomic E-state index is 0.0245. The Kier molecular flexibility index (Phi) is 5.98. The first kappa shape index (κ1) is 15.7. The number of alkyl halides is 2. The number of aliphatic hydroxyl groups is 1. The Morgan fingerprint density at radius 1 is 1.32 bits per heavy atom. The molecule has 1 aromatic carbocycles. The van der Waals surface area contributed by atoms with Crippen molar-refractivity contribution in [1.29, 1.82) is 0 Å². The van der Waals surface area contributed by atoms with Crippen LogP contribution < -0.4 is 15.2 Å². The summed E-state index contributed by atoms with van der Waals surface area (Å²) in [5.74, 6) is 0.0750. The van der Waals surface area contributed by atoms with Crippen LogP contribution in [0, 0.1) is 0 Å². The van der Waals surface area contributed by atoms with Crippen LogP contribution in [-0.4, -0.2) is 31.5 Å². The molecule has 1 aromatic rings. The highest BCUT2D eigenvalue weighted by atomic mass is 19.3. The summed E-state index contributed by atoms with van der Waals surface area (Å²) >= 11 is 0. The number of benzene rings is 1. The van der Waals surface area contributed by atoms with E-state index in [9.17, 15) is 8.78 Å². The summed E-state index contributed by atoms with van der Waals surface area (Å²) in [6.45, 7) is -1.14. The first-order chi connectivity index (χ1) is 8.99. The van der Waals surface area contributed by atoms with E-state index in [1.54, 1.807) is 19.1 Å². The van der Waals surface area contributed by atoms with Gasteiger partial charge in [-0.25, -0.2) is 0 Å². The van der Waals surface area contributed by atoms with Crippen LogP contribution in [-0.2, 0) is 0 Å². The zero-order valence-electron chi connectivity index (χ0n) is 11.0. The minimum Gasteiger partial charge on any atom is -0.493 e. The van der Waals surface area contributed by atoms with Gasteiger partial charge in [0.15, 0.2) is 11.5 Å². The third-order valence-corrected chi connectivity index (χ3v) is 2.91. The average Bonchev–Trinajstić information content (AvgIpc) is 2.34. The molecule has 4 nitrogen and oxygen atoms in total.